The highest BCUT2D eigenvalue weighted by Crippen LogP contribution is 2.41. The molecule has 1 heteroatoms. The highest BCUT2D eigenvalue weighted by molar-refractivity contribution is 4.90. The van der Waals surface area contributed by atoms with Crippen molar-refractivity contribution in [2.45, 2.75) is 58.3 Å². The highest BCUT2D eigenvalue weighted by Gasteiger charge is 2.30. The summed E-state index contributed by atoms with van der Waals surface area (Å²) < 4.78 is 5.62. The van der Waals surface area contributed by atoms with Crippen molar-refractivity contribution < 1.29 is 4.74 Å². The normalized spacial score (nSPS) is 35.2. The van der Waals surface area contributed by atoms with Crippen molar-refractivity contribution in [1.82, 2.24) is 0 Å². The number of hydrogen-bond acceptors (Lipinski definition) is 1. The molecule has 2 aliphatic rings. The molecular formula is C19H32O. The van der Waals surface area contributed by atoms with E-state index in [2.05, 4.69) is 25.7 Å². The van der Waals surface area contributed by atoms with Crippen LogP contribution in [0.15, 0.2) is 24.8 Å². The molecule has 0 amide bonds. The summed E-state index contributed by atoms with van der Waals surface area (Å²) in [5.41, 5.74) is 0. The number of ether oxygens (including phenoxy) is 1. The lowest BCUT2D eigenvalue weighted by molar-refractivity contribution is 0.0800. The fraction of sp³-hybridized carbons (Fsp3) is 0.789. The summed E-state index contributed by atoms with van der Waals surface area (Å²) in [4.78, 5) is 0. The molecule has 20 heavy (non-hydrogen) atoms. The Bertz CT molecular complexity index is 291. The van der Waals surface area contributed by atoms with Gasteiger partial charge in [0.25, 0.3) is 0 Å². The number of hydrogen-bond donors (Lipinski definition) is 0. The minimum absolute atomic E-state index is 0.717. The monoisotopic (exact) mass is 276 g/mol. The second-order valence-corrected chi connectivity index (χ2v) is 6.81. The van der Waals surface area contributed by atoms with Gasteiger partial charge in [-0.3, -0.25) is 0 Å². The van der Waals surface area contributed by atoms with Gasteiger partial charge >= 0.3 is 0 Å². The van der Waals surface area contributed by atoms with Gasteiger partial charge in [-0.2, -0.15) is 0 Å². The molecule has 0 aromatic rings. The zero-order valence-electron chi connectivity index (χ0n) is 13.2. The average Bonchev–Trinajstić information content (AvgIpc) is 2.49. The molecule has 2 saturated carbocycles. The summed E-state index contributed by atoms with van der Waals surface area (Å²) in [6, 6.07) is 0. The van der Waals surface area contributed by atoms with Gasteiger partial charge in [-0.15, -0.1) is 6.58 Å². The van der Waals surface area contributed by atoms with Crippen molar-refractivity contribution in [2.24, 2.45) is 23.7 Å². The molecule has 2 fully saturated rings. The molecule has 0 radical (unpaired) electrons. The second kappa shape index (κ2) is 8.67. The largest absolute Gasteiger partial charge is 0.377 e. The first kappa shape index (κ1) is 15.8. The van der Waals surface area contributed by atoms with E-state index in [9.17, 15) is 0 Å². The Balaban J connectivity index is 1.65. The number of rotatable bonds is 6. The summed E-state index contributed by atoms with van der Waals surface area (Å²) in [6.45, 7) is 7.53. The van der Waals surface area contributed by atoms with Crippen LogP contribution in [0.4, 0.5) is 0 Å². The number of allylic oxidation sites excluding steroid dienone is 2. The van der Waals surface area contributed by atoms with Crippen LogP contribution in [0.3, 0.4) is 0 Å². The van der Waals surface area contributed by atoms with E-state index in [4.69, 9.17) is 4.74 Å². The minimum Gasteiger partial charge on any atom is -0.377 e. The van der Waals surface area contributed by atoms with Crippen molar-refractivity contribution >= 4 is 0 Å². The molecule has 0 heterocycles. The lowest BCUT2D eigenvalue weighted by atomic mass is 9.69. The third-order valence-corrected chi connectivity index (χ3v) is 5.43. The molecule has 0 spiro atoms. The first-order valence-electron chi connectivity index (χ1n) is 8.65. The predicted molar refractivity (Wildman–Crippen MR) is 86.7 cm³/mol. The minimum atomic E-state index is 0.717. The second-order valence-electron chi connectivity index (χ2n) is 6.81. The molecule has 0 aliphatic heterocycles. The zero-order valence-corrected chi connectivity index (χ0v) is 13.2. The van der Waals surface area contributed by atoms with Crippen LogP contribution in [-0.2, 0) is 4.74 Å². The fourth-order valence-electron chi connectivity index (χ4n) is 4.23. The summed E-state index contributed by atoms with van der Waals surface area (Å²) in [5.74, 6) is 3.72. The van der Waals surface area contributed by atoms with Crippen molar-refractivity contribution in [3.63, 3.8) is 0 Å². The van der Waals surface area contributed by atoms with Crippen LogP contribution in [0, 0.1) is 23.7 Å². The predicted octanol–water partition coefficient (Wildman–Crippen LogP) is 5.38. The average molecular weight is 276 g/mol. The van der Waals surface area contributed by atoms with Crippen LogP contribution in [0.5, 0.6) is 0 Å². The Morgan fingerprint density at radius 3 is 2.10 bits per heavy atom. The molecule has 0 unspecified atom stereocenters. The van der Waals surface area contributed by atoms with Crippen molar-refractivity contribution in [1.29, 1.82) is 0 Å². The Hall–Kier alpha value is -0.560. The van der Waals surface area contributed by atoms with Crippen LogP contribution in [-0.4, -0.2) is 13.2 Å². The van der Waals surface area contributed by atoms with Gasteiger partial charge in [0, 0.05) is 6.61 Å². The zero-order chi connectivity index (χ0) is 14.2. The Morgan fingerprint density at radius 1 is 0.950 bits per heavy atom. The molecule has 0 aromatic heterocycles. The van der Waals surface area contributed by atoms with Gasteiger partial charge < -0.3 is 4.74 Å². The quantitative estimate of drug-likeness (QED) is 0.467. The van der Waals surface area contributed by atoms with E-state index in [0.29, 0.717) is 0 Å². The molecule has 2 rings (SSSR count). The summed E-state index contributed by atoms with van der Waals surface area (Å²) in [5, 5.41) is 0. The van der Waals surface area contributed by atoms with Gasteiger partial charge in [0.1, 0.15) is 0 Å². The molecule has 0 bridgehead atoms. The van der Waals surface area contributed by atoms with E-state index in [-0.39, 0.29) is 0 Å². The van der Waals surface area contributed by atoms with Crippen LogP contribution in [0.1, 0.15) is 58.3 Å². The highest BCUT2D eigenvalue weighted by atomic mass is 16.5. The molecule has 0 aromatic carbocycles. The maximum absolute atomic E-state index is 5.62. The first-order valence-corrected chi connectivity index (χ1v) is 8.65. The Labute approximate surface area is 125 Å². The van der Waals surface area contributed by atoms with Crippen LogP contribution >= 0.6 is 0 Å². The van der Waals surface area contributed by atoms with Crippen molar-refractivity contribution in [2.75, 3.05) is 13.2 Å². The molecule has 114 valence electrons. The maximum atomic E-state index is 5.62. The van der Waals surface area contributed by atoms with E-state index >= 15 is 0 Å². The molecule has 0 atom stereocenters. The summed E-state index contributed by atoms with van der Waals surface area (Å²) >= 11 is 0. The smallest absolute Gasteiger partial charge is 0.0644 e. The molecule has 0 saturated heterocycles. The standard InChI is InChI=1S/C19H32O/c1-3-5-16-6-10-18(11-7-16)19-12-8-17(9-13-19)15-20-14-4-2/h3-5,16-19H,2,6-15H2,1H3/b5-3+/t16-,17?,18-,19?. The fourth-order valence-corrected chi connectivity index (χ4v) is 4.23. The third-order valence-electron chi connectivity index (χ3n) is 5.43. The third kappa shape index (κ3) is 4.77. The van der Waals surface area contributed by atoms with Gasteiger partial charge in [0.2, 0.25) is 0 Å². The van der Waals surface area contributed by atoms with Crippen LogP contribution < -0.4 is 0 Å². The lowest BCUT2D eigenvalue weighted by Crippen LogP contribution is -2.26. The topological polar surface area (TPSA) is 9.23 Å². The van der Waals surface area contributed by atoms with E-state index in [1.807, 2.05) is 6.08 Å². The molecule has 1 nitrogen and oxygen atoms in total. The van der Waals surface area contributed by atoms with Crippen molar-refractivity contribution in [3.8, 4) is 0 Å². The van der Waals surface area contributed by atoms with E-state index < -0.39 is 0 Å². The lowest BCUT2D eigenvalue weighted by Gasteiger charge is -2.37. The molecule has 0 N–H and O–H groups in total. The molecule has 2 aliphatic carbocycles. The maximum Gasteiger partial charge on any atom is 0.0644 e. The van der Waals surface area contributed by atoms with E-state index in [1.54, 1.807) is 0 Å². The van der Waals surface area contributed by atoms with Gasteiger partial charge in [0.15, 0.2) is 0 Å². The van der Waals surface area contributed by atoms with Crippen molar-refractivity contribution in [3.05, 3.63) is 24.8 Å². The van der Waals surface area contributed by atoms with Gasteiger partial charge in [-0.1, -0.05) is 18.2 Å². The Morgan fingerprint density at radius 2 is 1.55 bits per heavy atom. The summed E-state index contributed by atoms with van der Waals surface area (Å²) in [6.07, 6.45) is 18.0. The summed E-state index contributed by atoms with van der Waals surface area (Å²) in [7, 11) is 0. The first-order chi connectivity index (χ1) is 9.83. The van der Waals surface area contributed by atoms with Gasteiger partial charge in [-0.25, -0.2) is 0 Å². The van der Waals surface area contributed by atoms with Crippen LogP contribution in [0.2, 0.25) is 0 Å². The van der Waals surface area contributed by atoms with Crippen LogP contribution in [0.25, 0.3) is 0 Å². The van der Waals surface area contributed by atoms with E-state index in [1.165, 1.54) is 51.4 Å². The van der Waals surface area contributed by atoms with Gasteiger partial charge in [-0.05, 0) is 82.0 Å². The van der Waals surface area contributed by atoms with E-state index in [0.717, 1.165) is 36.9 Å². The SMILES string of the molecule is C=CCOCC1CCC([C@H]2CC[C@H](/C=C/C)CC2)CC1. The van der Waals surface area contributed by atoms with Gasteiger partial charge in [0.05, 0.1) is 6.61 Å². The molecular weight excluding hydrogens is 244 g/mol. The Kier molecular flexibility index (Phi) is 6.86.